The summed E-state index contributed by atoms with van der Waals surface area (Å²) in [4.78, 5) is 12.1. The maximum atomic E-state index is 12.1. The van der Waals surface area contributed by atoms with Crippen molar-refractivity contribution in [1.29, 1.82) is 0 Å². The second kappa shape index (κ2) is 6.48. The maximum absolute atomic E-state index is 12.1. The first-order chi connectivity index (χ1) is 9.93. The number of phenols is 1. The fourth-order valence-electron chi connectivity index (χ4n) is 2.97. The average Bonchev–Trinajstić information content (AvgIpc) is 2.48. The predicted octanol–water partition coefficient (Wildman–Crippen LogP) is 2.76. The molecule has 21 heavy (non-hydrogen) atoms. The highest BCUT2D eigenvalue weighted by Gasteiger charge is 2.33. The normalized spacial score (nSPS) is 25.6. The Hall–Kier alpha value is -1.55. The molecule has 4 heteroatoms. The van der Waals surface area contributed by atoms with Gasteiger partial charge in [0.15, 0.2) is 0 Å². The first-order valence-corrected chi connectivity index (χ1v) is 7.74. The zero-order chi connectivity index (χ0) is 15.5. The topological polar surface area (TPSA) is 69.6 Å². The number of nitrogens with one attached hydrogen (secondary N) is 1. The minimum Gasteiger partial charge on any atom is -0.507 e. The largest absolute Gasteiger partial charge is 0.507 e. The van der Waals surface area contributed by atoms with E-state index in [2.05, 4.69) is 12.2 Å². The van der Waals surface area contributed by atoms with Gasteiger partial charge in [-0.1, -0.05) is 25.0 Å². The molecule has 0 aromatic heterocycles. The van der Waals surface area contributed by atoms with Crippen molar-refractivity contribution in [2.24, 2.45) is 5.92 Å². The van der Waals surface area contributed by atoms with Crippen LogP contribution in [0.2, 0.25) is 0 Å². The fourth-order valence-corrected chi connectivity index (χ4v) is 2.97. The molecule has 0 heterocycles. The molecule has 1 aromatic carbocycles. The van der Waals surface area contributed by atoms with Crippen LogP contribution in [0, 0.1) is 12.8 Å². The monoisotopic (exact) mass is 291 g/mol. The van der Waals surface area contributed by atoms with Gasteiger partial charge in [-0.25, -0.2) is 0 Å². The second-order valence-electron chi connectivity index (χ2n) is 6.28. The molecule has 0 unspecified atom stereocenters. The molecule has 2 rings (SSSR count). The molecule has 4 nitrogen and oxygen atoms in total. The van der Waals surface area contributed by atoms with E-state index in [-0.39, 0.29) is 23.8 Å². The lowest BCUT2D eigenvalue weighted by atomic mass is 9.78. The lowest BCUT2D eigenvalue weighted by molar-refractivity contribution is -0.00788. The Labute approximate surface area is 126 Å². The number of carbonyl (C=O) groups is 1. The van der Waals surface area contributed by atoms with Gasteiger partial charge in [-0.3, -0.25) is 4.79 Å². The van der Waals surface area contributed by atoms with Crippen molar-refractivity contribution in [2.45, 2.75) is 51.6 Å². The highest BCUT2D eigenvalue weighted by atomic mass is 16.3. The Kier molecular flexibility index (Phi) is 4.88. The highest BCUT2D eigenvalue weighted by Crippen LogP contribution is 2.33. The van der Waals surface area contributed by atoms with Gasteiger partial charge >= 0.3 is 0 Å². The number of hydrogen-bond acceptors (Lipinski definition) is 3. The molecule has 1 amide bonds. The van der Waals surface area contributed by atoms with Crippen LogP contribution in [-0.2, 0) is 0 Å². The molecule has 0 saturated heterocycles. The van der Waals surface area contributed by atoms with Gasteiger partial charge in [-0.05, 0) is 50.7 Å². The third-order valence-electron chi connectivity index (χ3n) is 4.59. The molecule has 0 bridgehead atoms. The van der Waals surface area contributed by atoms with Crippen molar-refractivity contribution >= 4 is 5.91 Å². The van der Waals surface area contributed by atoms with Gasteiger partial charge in [0.2, 0.25) is 0 Å². The summed E-state index contributed by atoms with van der Waals surface area (Å²) in [6.07, 6.45) is 4.63. The van der Waals surface area contributed by atoms with E-state index in [1.165, 1.54) is 6.07 Å². The van der Waals surface area contributed by atoms with E-state index in [9.17, 15) is 15.0 Å². The summed E-state index contributed by atoms with van der Waals surface area (Å²) in [6.45, 7) is 4.29. The van der Waals surface area contributed by atoms with E-state index in [0.717, 1.165) is 37.7 Å². The number of rotatable bonds is 4. The average molecular weight is 291 g/mol. The van der Waals surface area contributed by atoms with Gasteiger partial charge in [-0.15, -0.1) is 0 Å². The van der Waals surface area contributed by atoms with Crippen LogP contribution < -0.4 is 5.32 Å². The van der Waals surface area contributed by atoms with Crippen LogP contribution in [0.4, 0.5) is 0 Å². The molecule has 1 aliphatic carbocycles. The summed E-state index contributed by atoms with van der Waals surface area (Å²) in [6, 6.07) is 4.93. The fraction of sp³-hybridized carbons (Fsp3) is 0.588. The number of aromatic hydroxyl groups is 1. The number of carbonyl (C=O) groups excluding carboxylic acids is 1. The lowest BCUT2D eigenvalue weighted by Crippen LogP contribution is -2.45. The van der Waals surface area contributed by atoms with E-state index in [1.807, 2.05) is 6.92 Å². The van der Waals surface area contributed by atoms with E-state index < -0.39 is 5.60 Å². The quantitative estimate of drug-likeness (QED) is 0.799. The number of amides is 1. The smallest absolute Gasteiger partial charge is 0.255 e. The molecule has 1 aliphatic rings. The number of hydrogen-bond donors (Lipinski definition) is 3. The van der Waals surface area contributed by atoms with E-state index >= 15 is 0 Å². The van der Waals surface area contributed by atoms with Crippen LogP contribution in [0.15, 0.2) is 18.2 Å². The summed E-state index contributed by atoms with van der Waals surface area (Å²) in [5, 5.41) is 23.0. The summed E-state index contributed by atoms with van der Waals surface area (Å²) in [5.74, 6) is 0.337. The van der Waals surface area contributed by atoms with Gasteiger partial charge < -0.3 is 15.5 Å². The number of aliphatic hydroxyl groups is 1. The molecule has 1 aromatic rings. The van der Waals surface area contributed by atoms with Gasteiger partial charge in [0.1, 0.15) is 5.75 Å². The zero-order valence-corrected chi connectivity index (χ0v) is 12.9. The summed E-state index contributed by atoms with van der Waals surface area (Å²) < 4.78 is 0. The maximum Gasteiger partial charge on any atom is 0.255 e. The zero-order valence-electron chi connectivity index (χ0n) is 12.9. The Balaban J connectivity index is 1.93. The molecule has 1 fully saturated rings. The van der Waals surface area contributed by atoms with Crippen LogP contribution in [0.1, 0.15) is 54.9 Å². The Morgan fingerprint density at radius 3 is 2.67 bits per heavy atom. The molecule has 0 aliphatic heterocycles. The van der Waals surface area contributed by atoms with Crippen molar-refractivity contribution < 1.29 is 15.0 Å². The molecule has 3 N–H and O–H groups in total. The van der Waals surface area contributed by atoms with Crippen molar-refractivity contribution in [3.05, 3.63) is 29.3 Å². The lowest BCUT2D eigenvalue weighted by Gasteiger charge is -2.35. The van der Waals surface area contributed by atoms with Gasteiger partial charge in [0.25, 0.3) is 5.91 Å². The standard InChI is InChI=1S/C17H25NO3/c1-3-13-6-8-17(21,9-7-13)11-18-16(20)14-10-12(2)4-5-15(14)19/h4-5,10,13,19,21H,3,6-9,11H2,1-2H3,(H,18,20). The molecule has 0 spiro atoms. The minimum atomic E-state index is -0.805. The highest BCUT2D eigenvalue weighted by molar-refractivity contribution is 5.97. The second-order valence-corrected chi connectivity index (χ2v) is 6.28. The summed E-state index contributed by atoms with van der Waals surface area (Å²) in [7, 11) is 0. The predicted molar refractivity (Wildman–Crippen MR) is 82.4 cm³/mol. The van der Waals surface area contributed by atoms with Crippen LogP contribution in [-0.4, -0.2) is 28.3 Å². The number of benzene rings is 1. The van der Waals surface area contributed by atoms with Crippen molar-refractivity contribution in [2.75, 3.05) is 6.54 Å². The molecular formula is C17H25NO3. The van der Waals surface area contributed by atoms with Crippen LogP contribution in [0.25, 0.3) is 0 Å². The minimum absolute atomic E-state index is 0.0280. The Morgan fingerprint density at radius 2 is 2.05 bits per heavy atom. The van der Waals surface area contributed by atoms with Gasteiger partial charge in [0.05, 0.1) is 11.2 Å². The first kappa shape index (κ1) is 15.8. The third-order valence-corrected chi connectivity index (χ3v) is 4.59. The van der Waals surface area contributed by atoms with E-state index in [1.54, 1.807) is 12.1 Å². The summed E-state index contributed by atoms with van der Waals surface area (Å²) >= 11 is 0. The molecule has 1 saturated carbocycles. The SMILES string of the molecule is CCC1CCC(O)(CNC(=O)c2cc(C)ccc2O)CC1. The van der Waals surface area contributed by atoms with E-state index in [4.69, 9.17) is 0 Å². The van der Waals surface area contributed by atoms with Crippen molar-refractivity contribution in [3.63, 3.8) is 0 Å². The number of phenolic OH excluding ortho intramolecular Hbond substituents is 1. The van der Waals surface area contributed by atoms with Crippen LogP contribution in [0.3, 0.4) is 0 Å². The third kappa shape index (κ3) is 3.97. The van der Waals surface area contributed by atoms with E-state index in [0.29, 0.717) is 5.92 Å². The number of aryl methyl sites for hydroxylation is 1. The molecule has 0 radical (unpaired) electrons. The molecule has 116 valence electrons. The van der Waals surface area contributed by atoms with Gasteiger partial charge in [-0.2, -0.15) is 0 Å². The van der Waals surface area contributed by atoms with Crippen molar-refractivity contribution in [1.82, 2.24) is 5.32 Å². The Bertz CT molecular complexity index is 505. The summed E-state index contributed by atoms with van der Waals surface area (Å²) in [5.41, 5.74) is 0.377. The van der Waals surface area contributed by atoms with Crippen molar-refractivity contribution in [3.8, 4) is 5.75 Å². The Morgan fingerprint density at radius 1 is 1.38 bits per heavy atom. The molecule has 0 atom stereocenters. The van der Waals surface area contributed by atoms with Gasteiger partial charge in [0, 0.05) is 6.54 Å². The van der Waals surface area contributed by atoms with Crippen LogP contribution in [0.5, 0.6) is 5.75 Å². The first-order valence-electron chi connectivity index (χ1n) is 7.74. The molecular weight excluding hydrogens is 266 g/mol. The van der Waals surface area contributed by atoms with Crippen LogP contribution >= 0.6 is 0 Å².